The normalized spacial score (nSPS) is 29.0. The van der Waals surface area contributed by atoms with E-state index in [0.717, 1.165) is 37.7 Å². The molecule has 2 heterocycles. The van der Waals surface area contributed by atoms with Gasteiger partial charge in [-0.25, -0.2) is 4.90 Å². The van der Waals surface area contributed by atoms with E-state index < -0.39 is 41.2 Å². The minimum absolute atomic E-state index is 0.0436. The maximum atomic E-state index is 14.0. The highest BCUT2D eigenvalue weighted by Crippen LogP contribution is 2.54. The van der Waals surface area contributed by atoms with Crippen molar-refractivity contribution in [2.75, 3.05) is 4.90 Å². The Kier molecular flexibility index (Phi) is 6.21. The Morgan fingerprint density at radius 3 is 2.51 bits per heavy atom. The van der Waals surface area contributed by atoms with Crippen LogP contribution in [0.5, 0.6) is 5.75 Å². The van der Waals surface area contributed by atoms with Crippen molar-refractivity contribution in [3.63, 3.8) is 0 Å². The van der Waals surface area contributed by atoms with Crippen molar-refractivity contribution in [1.29, 1.82) is 0 Å². The smallest absolute Gasteiger partial charge is 0.324 e. The van der Waals surface area contributed by atoms with E-state index in [1.54, 1.807) is 24.3 Å². The number of nitrogens with zero attached hydrogens (tertiary/aromatic N) is 1. The number of anilines is 1. The molecule has 0 radical (unpaired) electrons. The lowest BCUT2D eigenvalue weighted by molar-refractivity contribution is -0.150. The number of rotatable bonds is 5. The molecule has 4 unspecified atom stereocenters. The van der Waals surface area contributed by atoms with Crippen LogP contribution in [-0.2, 0) is 14.4 Å². The largest absolute Gasteiger partial charge is 0.508 e. The van der Waals surface area contributed by atoms with Crippen LogP contribution in [0.25, 0.3) is 0 Å². The van der Waals surface area contributed by atoms with Gasteiger partial charge in [0.25, 0.3) is 0 Å². The van der Waals surface area contributed by atoms with Gasteiger partial charge in [0.1, 0.15) is 11.3 Å². The van der Waals surface area contributed by atoms with E-state index in [2.05, 4.69) is 21.2 Å². The van der Waals surface area contributed by atoms with Gasteiger partial charge < -0.3 is 10.2 Å². The SMILES string of the molecule is Cc1ccccc1N1C(=O)C2C(c3cc(Br)ccc3O)NC(CC3CCCCC3)(C(=O)O)C2C1=O. The molecule has 1 saturated carbocycles. The monoisotopic (exact) mass is 540 g/mol. The molecule has 0 aromatic heterocycles. The third-order valence-corrected chi connectivity index (χ3v) is 8.55. The van der Waals surface area contributed by atoms with E-state index in [1.165, 1.54) is 11.0 Å². The van der Waals surface area contributed by atoms with Gasteiger partial charge in [-0.1, -0.05) is 66.2 Å². The predicted octanol–water partition coefficient (Wildman–Crippen LogP) is 4.71. The number of hydrogen-bond acceptors (Lipinski definition) is 5. The number of phenols is 1. The number of carbonyl (C=O) groups is 3. The summed E-state index contributed by atoms with van der Waals surface area (Å²) >= 11 is 3.42. The number of para-hydroxylation sites is 1. The van der Waals surface area contributed by atoms with Crippen LogP contribution in [0.1, 0.15) is 55.7 Å². The molecule has 35 heavy (non-hydrogen) atoms. The molecule has 7 nitrogen and oxygen atoms in total. The second-order valence-corrected chi connectivity index (χ2v) is 11.0. The lowest BCUT2D eigenvalue weighted by Gasteiger charge is -2.35. The van der Waals surface area contributed by atoms with Crippen molar-refractivity contribution in [1.82, 2.24) is 5.32 Å². The van der Waals surface area contributed by atoms with Gasteiger partial charge in [0.15, 0.2) is 0 Å². The van der Waals surface area contributed by atoms with E-state index in [9.17, 15) is 24.6 Å². The third-order valence-electron chi connectivity index (χ3n) is 8.05. The molecular weight excluding hydrogens is 512 g/mol. The van der Waals surface area contributed by atoms with Crippen LogP contribution in [-0.4, -0.2) is 33.5 Å². The average Bonchev–Trinajstić information content (AvgIpc) is 3.31. The molecule has 2 saturated heterocycles. The average molecular weight is 541 g/mol. The molecule has 0 bridgehead atoms. The van der Waals surface area contributed by atoms with Gasteiger partial charge in [-0.3, -0.25) is 19.7 Å². The highest BCUT2D eigenvalue weighted by atomic mass is 79.9. The molecule has 3 fully saturated rings. The minimum Gasteiger partial charge on any atom is -0.508 e. The van der Waals surface area contributed by atoms with Gasteiger partial charge in [-0.2, -0.15) is 0 Å². The van der Waals surface area contributed by atoms with Gasteiger partial charge >= 0.3 is 5.97 Å². The number of nitrogens with one attached hydrogen (secondary N) is 1. The molecule has 4 atom stereocenters. The van der Waals surface area contributed by atoms with Crippen LogP contribution < -0.4 is 10.2 Å². The highest BCUT2D eigenvalue weighted by Gasteiger charge is 2.69. The second kappa shape index (κ2) is 9.06. The first kappa shape index (κ1) is 24.0. The number of carboxylic acids is 1. The number of benzene rings is 2. The fourth-order valence-electron chi connectivity index (χ4n) is 6.41. The molecule has 2 aromatic carbocycles. The number of amides is 2. The van der Waals surface area contributed by atoms with Crippen LogP contribution >= 0.6 is 15.9 Å². The lowest BCUT2D eigenvalue weighted by atomic mass is 9.72. The molecule has 3 N–H and O–H groups in total. The highest BCUT2D eigenvalue weighted by molar-refractivity contribution is 9.10. The molecule has 2 aromatic rings. The topological polar surface area (TPSA) is 107 Å². The van der Waals surface area contributed by atoms with E-state index in [0.29, 0.717) is 15.7 Å². The number of imide groups is 1. The van der Waals surface area contributed by atoms with Crippen molar-refractivity contribution in [3.8, 4) is 5.75 Å². The van der Waals surface area contributed by atoms with Gasteiger partial charge in [0.2, 0.25) is 11.8 Å². The fraction of sp³-hybridized carbons (Fsp3) is 0.444. The molecule has 5 rings (SSSR count). The first-order valence-corrected chi connectivity index (χ1v) is 13.0. The Morgan fingerprint density at radius 2 is 1.83 bits per heavy atom. The van der Waals surface area contributed by atoms with E-state index in [4.69, 9.17) is 0 Å². The summed E-state index contributed by atoms with van der Waals surface area (Å²) in [5.41, 5.74) is 0.0493. The zero-order valence-corrected chi connectivity index (χ0v) is 21.1. The van der Waals surface area contributed by atoms with Crippen LogP contribution in [0.3, 0.4) is 0 Å². The number of aryl methyl sites for hydroxylation is 1. The first-order valence-electron chi connectivity index (χ1n) is 12.2. The summed E-state index contributed by atoms with van der Waals surface area (Å²) in [5, 5.41) is 24.6. The number of aromatic hydroxyl groups is 1. The van der Waals surface area contributed by atoms with Crippen molar-refractivity contribution in [2.45, 2.75) is 57.0 Å². The maximum Gasteiger partial charge on any atom is 0.324 e. The Balaban J connectivity index is 1.65. The predicted molar refractivity (Wildman–Crippen MR) is 134 cm³/mol. The number of halogens is 1. The number of aliphatic carboxylic acids is 1. The zero-order chi connectivity index (χ0) is 24.9. The van der Waals surface area contributed by atoms with Crippen LogP contribution in [0.15, 0.2) is 46.9 Å². The van der Waals surface area contributed by atoms with Gasteiger partial charge in [-0.05, 0) is 49.1 Å². The molecular formula is C27H29BrN2O5. The first-order chi connectivity index (χ1) is 16.7. The summed E-state index contributed by atoms with van der Waals surface area (Å²) in [5.74, 6) is -3.95. The van der Waals surface area contributed by atoms with Crippen LogP contribution in [0, 0.1) is 24.7 Å². The van der Waals surface area contributed by atoms with Gasteiger partial charge in [0.05, 0.1) is 17.5 Å². The van der Waals surface area contributed by atoms with E-state index in [1.807, 2.05) is 19.1 Å². The fourth-order valence-corrected chi connectivity index (χ4v) is 6.79. The van der Waals surface area contributed by atoms with E-state index in [-0.39, 0.29) is 18.1 Å². The Bertz CT molecular complexity index is 1190. The summed E-state index contributed by atoms with van der Waals surface area (Å²) < 4.78 is 0.691. The van der Waals surface area contributed by atoms with Crippen molar-refractivity contribution >= 4 is 39.4 Å². The summed E-state index contributed by atoms with van der Waals surface area (Å²) in [4.78, 5) is 42.1. The molecule has 0 spiro atoms. The Morgan fingerprint density at radius 1 is 1.11 bits per heavy atom. The Hall–Kier alpha value is -2.71. The standard InChI is InChI=1S/C27H29BrN2O5/c1-15-7-5-6-10-19(15)30-24(32)21-22(25(30)33)27(26(34)35,14-16-8-3-2-4-9-16)29-23(21)18-13-17(28)11-12-20(18)31/h5-7,10-13,16,21-23,29,31H,2-4,8-9,14H2,1H3,(H,34,35). The molecule has 2 aliphatic heterocycles. The second-order valence-electron chi connectivity index (χ2n) is 10.1. The molecule has 3 aliphatic rings. The number of carbonyl (C=O) groups excluding carboxylic acids is 2. The van der Waals surface area contributed by atoms with Gasteiger partial charge in [-0.15, -0.1) is 0 Å². The minimum atomic E-state index is -1.60. The lowest BCUT2D eigenvalue weighted by Crippen LogP contribution is -2.57. The van der Waals surface area contributed by atoms with Crippen molar-refractivity contribution in [3.05, 3.63) is 58.1 Å². The third kappa shape index (κ3) is 3.87. The quantitative estimate of drug-likeness (QED) is 0.474. The van der Waals surface area contributed by atoms with Crippen molar-refractivity contribution in [2.24, 2.45) is 17.8 Å². The zero-order valence-electron chi connectivity index (χ0n) is 19.5. The van der Waals surface area contributed by atoms with Crippen molar-refractivity contribution < 1.29 is 24.6 Å². The number of carboxylic acid groups (broad SMARTS) is 1. The van der Waals surface area contributed by atoms with E-state index >= 15 is 0 Å². The number of phenolic OH excluding ortho intramolecular Hbond substituents is 1. The van der Waals surface area contributed by atoms with Gasteiger partial charge in [0, 0.05) is 16.1 Å². The maximum absolute atomic E-state index is 14.0. The number of hydrogen-bond donors (Lipinski definition) is 3. The Labute approximate surface area is 212 Å². The number of fused-ring (bicyclic) bond motifs is 1. The molecule has 2 amide bonds. The summed E-state index contributed by atoms with van der Waals surface area (Å²) in [6, 6.07) is 11.2. The molecule has 1 aliphatic carbocycles. The van der Waals surface area contributed by atoms with Crippen LogP contribution in [0.2, 0.25) is 0 Å². The summed E-state index contributed by atoms with van der Waals surface area (Å²) in [7, 11) is 0. The summed E-state index contributed by atoms with van der Waals surface area (Å²) in [6.07, 6.45) is 5.28. The summed E-state index contributed by atoms with van der Waals surface area (Å²) in [6.45, 7) is 1.83. The van der Waals surface area contributed by atoms with Crippen LogP contribution in [0.4, 0.5) is 5.69 Å². The molecule has 8 heteroatoms. The molecule has 184 valence electrons.